The van der Waals surface area contributed by atoms with Crippen LogP contribution in [0.4, 0.5) is 13.2 Å². The number of ether oxygens (including phenoxy) is 3. The summed E-state index contributed by atoms with van der Waals surface area (Å²) in [5.41, 5.74) is -1.10. The van der Waals surface area contributed by atoms with Crippen molar-refractivity contribution in [3.05, 3.63) is 124 Å². The average Bonchev–Trinajstić information content (AvgIpc) is 3.31. The summed E-state index contributed by atoms with van der Waals surface area (Å²) in [5.74, 6) is -0.308. The van der Waals surface area contributed by atoms with Crippen molar-refractivity contribution in [2.75, 3.05) is 13.2 Å². The number of fused-ring (bicyclic) bond motifs is 1. The fourth-order valence-electron chi connectivity index (χ4n) is 4.70. The summed E-state index contributed by atoms with van der Waals surface area (Å²) in [5, 5.41) is 0.332. The SMILES string of the molecule is CCOC(=O)C1=C(C(F)(F)F)N=c2s/c(=C\c3ccc(OCc4ccc(Br)cc4)c(OCC)c3)c(=O)n2[C@H]1c1ccc(Cl)cc1. The number of benzene rings is 3. The zero-order valence-electron chi connectivity index (χ0n) is 23.9. The van der Waals surface area contributed by atoms with E-state index >= 15 is 0 Å². The maximum absolute atomic E-state index is 14.3. The van der Waals surface area contributed by atoms with Gasteiger partial charge in [0.15, 0.2) is 22.0 Å². The molecule has 0 aliphatic carbocycles. The summed E-state index contributed by atoms with van der Waals surface area (Å²) in [7, 11) is 0. The summed E-state index contributed by atoms with van der Waals surface area (Å²) in [4.78, 5) is 30.4. The number of hydrogen-bond acceptors (Lipinski definition) is 7. The minimum absolute atomic E-state index is 0.102. The Morgan fingerprint density at radius 2 is 1.73 bits per heavy atom. The van der Waals surface area contributed by atoms with Crippen molar-refractivity contribution < 1.29 is 32.2 Å². The predicted octanol–water partition coefficient (Wildman–Crippen LogP) is 6.73. The number of thiazole rings is 1. The van der Waals surface area contributed by atoms with Crippen LogP contribution in [-0.4, -0.2) is 29.9 Å². The van der Waals surface area contributed by atoms with Gasteiger partial charge in [-0.25, -0.2) is 9.79 Å². The molecule has 234 valence electrons. The van der Waals surface area contributed by atoms with Gasteiger partial charge in [0.05, 0.1) is 29.4 Å². The van der Waals surface area contributed by atoms with Crippen LogP contribution in [0.15, 0.2) is 92.3 Å². The molecule has 0 saturated carbocycles. The molecule has 4 aromatic rings. The van der Waals surface area contributed by atoms with Crippen LogP contribution < -0.4 is 24.4 Å². The Kier molecular flexibility index (Phi) is 9.85. The molecule has 13 heteroatoms. The fraction of sp³-hybridized carbons (Fsp3) is 0.219. The van der Waals surface area contributed by atoms with Crippen molar-refractivity contribution in [1.29, 1.82) is 0 Å². The normalized spacial score (nSPS) is 15.0. The Morgan fingerprint density at radius 3 is 2.38 bits per heavy atom. The van der Waals surface area contributed by atoms with Gasteiger partial charge < -0.3 is 14.2 Å². The third-order valence-corrected chi connectivity index (χ3v) is 8.42. The van der Waals surface area contributed by atoms with Crippen LogP contribution >= 0.6 is 38.9 Å². The van der Waals surface area contributed by atoms with Gasteiger partial charge >= 0.3 is 12.1 Å². The molecule has 0 saturated heterocycles. The van der Waals surface area contributed by atoms with E-state index in [0.717, 1.165) is 25.9 Å². The van der Waals surface area contributed by atoms with E-state index in [-0.39, 0.29) is 21.5 Å². The Hall–Kier alpha value is -3.87. The molecule has 5 rings (SSSR count). The summed E-state index contributed by atoms with van der Waals surface area (Å²) < 4.78 is 61.9. The van der Waals surface area contributed by atoms with Gasteiger partial charge in [0.25, 0.3) is 5.56 Å². The van der Waals surface area contributed by atoms with Gasteiger partial charge in [-0.15, -0.1) is 0 Å². The van der Waals surface area contributed by atoms with Crippen molar-refractivity contribution in [2.45, 2.75) is 32.7 Å². The summed E-state index contributed by atoms with van der Waals surface area (Å²) in [6, 6.07) is 17.2. The minimum atomic E-state index is -5.00. The zero-order valence-corrected chi connectivity index (χ0v) is 27.0. The van der Waals surface area contributed by atoms with Crippen molar-refractivity contribution in [3.8, 4) is 11.5 Å². The first kappa shape index (κ1) is 32.5. The van der Waals surface area contributed by atoms with E-state index in [1.54, 1.807) is 18.2 Å². The first-order chi connectivity index (χ1) is 21.5. The maximum atomic E-state index is 14.3. The quantitative estimate of drug-likeness (QED) is 0.179. The van der Waals surface area contributed by atoms with Gasteiger partial charge in [-0.2, -0.15) is 13.2 Å². The molecule has 0 fully saturated rings. The molecule has 45 heavy (non-hydrogen) atoms. The zero-order chi connectivity index (χ0) is 32.3. The number of allylic oxidation sites excluding steroid dienone is 1. The molecule has 1 aliphatic heterocycles. The Bertz CT molecular complexity index is 1940. The molecule has 7 nitrogen and oxygen atoms in total. The molecular weight excluding hydrogens is 697 g/mol. The lowest BCUT2D eigenvalue weighted by Gasteiger charge is -2.26. The highest BCUT2D eigenvalue weighted by atomic mass is 79.9. The van der Waals surface area contributed by atoms with E-state index < -0.39 is 35.0 Å². The molecule has 1 aromatic heterocycles. The van der Waals surface area contributed by atoms with E-state index in [1.807, 2.05) is 31.2 Å². The number of nitrogens with zero attached hydrogens (tertiary/aromatic N) is 2. The predicted molar refractivity (Wildman–Crippen MR) is 168 cm³/mol. The van der Waals surface area contributed by atoms with Crippen molar-refractivity contribution in [1.82, 2.24) is 4.57 Å². The maximum Gasteiger partial charge on any atom is 0.434 e. The summed E-state index contributed by atoms with van der Waals surface area (Å²) in [6.07, 6.45) is -3.47. The van der Waals surface area contributed by atoms with Crippen LogP contribution in [0.25, 0.3) is 6.08 Å². The number of hydrogen-bond donors (Lipinski definition) is 0. The molecule has 0 unspecified atom stereocenters. The second kappa shape index (κ2) is 13.6. The van der Waals surface area contributed by atoms with Gasteiger partial charge in [0, 0.05) is 9.50 Å². The number of aromatic nitrogens is 1. The molecule has 1 aliphatic rings. The molecule has 0 spiro atoms. The van der Waals surface area contributed by atoms with Gasteiger partial charge in [0.1, 0.15) is 6.61 Å². The first-order valence-electron chi connectivity index (χ1n) is 13.7. The highest BCUT2D eigenvalue weighted by Gasteiger charge is 2.45. The smallest absolute Gasteiger partial charge is 0.434 e. The third-order valence-electron chi connectivity index (χ3n) is 6.65. The number of esters is 1. The third kappa shape index (κ3) is 7.18. The molecular formula is C32H25BrClF3N2O5S. The number of rotatable bonds is 9. The molecule has 0 bridgehead atoms. The Labute approximate surface area is 273 Å². The van der Waals surface area contributed by atoms with Gasteiger partial charge in [0.2, 0.25) is 0 Å². The standard InChI is InChI=1S/C32H25BrClF3N2O5S/c1-3-42-24-15-19(7-14-23(24)44-17-18-5-10-21(33)11-6-18)16-25-29(40)39-27(20-8-12-22(34)13-9-20)26(30(41)43-4-2)28(32(35,36)37)38-31(39)45-25/h5-16,27H,3-4,17H2,1-2H3/b25-16-/t27-/m0/s1. The van der Waals surface area contributed by atoms with Crippen LogP contribution in [0, 0.1) is 0 Å². The lowest BCUT2D eigenvalue weighted by molar-refractivity contribution is -0.140. The summed E-state index contributed by atoms with van der Waals surface area (Å²) in [6.45, 7) is 3.76. The topological polar surface area (TPSA) is 79.1 Å². The van der Waals surface area contributed by atoms with Gasteiger partial charge in [-0.05, 0) is 73.0 Å². The monoisotopic (exact) mass is 720 g/mol. The molecule has 0 amide bonds. The van der Waals surface area contributed by atoms with Gasteiger partial charge in [-0.3, -0.25) is 9.36 Å². The van der Waals surface area contributed by atoms with Crippen LogP contribution in [0.5, 0.6) is 11.5 Å². The molecule has 1 atom stereocenters. The second-order valence-corrected chi connectivity index (χ2v) is 12.0. The lowest BCUT2D eigenvalue weighted by Crippen LogP contribution is -2.41. The molecule has 3 aromatic carbocycles. The van der Waals surface area contributed by atoms with Crippen LogP contribution in [-0.2, 0) is 16.1 Å². The highest BCUT2D eigenvalue weighted by molar-refractivity contribution is 9.10. The lowest BCUT2D eigenvalue weighted by atomic mass is 9.95. The number of halogens is 5. The highest BCUT2D eigenvalue weighted by Crippen LogP contribution is 2.38. The minimum Gasteiger partial charge on any atom is -0.490 e. The molecule has 0 radical (unpaired) electrons. The average molecular weight is 722 g/mol. The van der Waals surface area contributed by atoms with Crippen molar-refractivity contribution in [2.24, 2.45) is 4.99 Å². The number of carbonyl (C=O) groups is 1. The van der Waals surface area contributed by atoms with Crippen molar-refractivity contribution in [3.63, 3.8) is 0 Å². The number of alkyl halides is 3. The van der Waals surface area contributed by atoms with E-state index in [4.69, 9.17) is 25.8 Å². The Morgan fingerprint density at radius 1 is 1.02 bits per heavy atom. The van der Waals surface area contributed by atoms with Gasteiger partial charge in [-0.1, -0.05) is 69.2 Å². The summed E-state index contributed by atoms with van der Waals surface area (Å²) >= 11 is 10.2. The first-order valence-corrected chi connectivity index (χ1v) is 15.7. The van der Waals surface area contributed by atoms with Crippen LogP contribution in [0.2, 0.25) is 5.02 Å². The molecule has 2 heterocycles. The largest absolute Gasteiger partial charge is 0.490 e. The van der Waals surface area contributed by atoms with Crippen LogP contribution in [0.3, 0.4) is 0 Å². The Balaban J connectivity index is 1.61. The van der Waals surface area contributed by atoms with Crippen molar-refractivity contribution >= 4 is 50.9 Å². The number of carbonyl (C=O) groups excluding carboxylic acids is 1. The van der Waals surface area contributed by atoms with E-state index in [1.165, 1.54) is 37.3 Å². The fourth-order valence-corrected chi connectivity index (χ4v) is 6.09. The molecule has 0 N–H and O–H groups in total. The van der Waals surface area contributed by atoms with Crippen LogP contribution in [0.1, 0.15) is 36.6 Å². The second-order valence-electron chi connectivity index (χ2n) is 9.67. The van der Waals surface area contributed by atoms with E-state index in [0.29, 0.717) is 35.3 Å². The van der Waals surface area contributed by atoms with E-state index in [9.17, 15) is 22.8 Å². The van der Waals surface area contributed by atoms with E-state index in [2.05, 4.69) is 20.9 Å².